The third-order valence-corrected chi connectivity index (χ3v) is 4.46. The van der Waals surface area contributed by atoms with E-state index < -0.39 is 0 Å². The number of hydrogen-bond donors (Lipinski definition) is 1. The van der Waals surface area contributed by atoms with Gasteiger partial charge < -0.3 is 10.1 Å². The van der Waals surface area contributed by atoms with Gasteiger partial charge in [0.25, 0.3) is 0 Å². The van der Waals surface area contributed by atoms with E-state index in [-0.39, 0.29) is 0 Å². The number of nitrogens with one attached hydrogen (secondary N) is 1. The fraction of sp³-hybridized carbons (Fsp3) is 0.600. The first kappa shape index (κ1) is 13.8. The first-order valence-electron chi connectivity index (χ1n) is 6.86. The van der Waals surface area contributed by atoms with Crippen LogP contribution in [0.2, 0.25) is 0 Å². The van der Waals surface area contributed by atoms with E-state index in [1.54, 1.807) is 0 Å². The monoisotopic (exact) mass is 265 g/mol. The van der Waals surface area contributed by atoms with Crippen LogP contribution >= 0.6 is 11.8 Å². The lowest BCUT2D eigenvalue weighted by molar-refractivity contribution is 0.316. The summed E-state index contributed by atoms with van der Waals surface area (Å²) in [4.78, 5) is 0. The minimum absolute atomic E-state index is 0.513. The molecule has 0 spiro atoms. The quantitative estimate of drug-likeness (QED) is 0.763. The molecule has 0 heterocycles. The maximum Gasteiger partial charge on any atom is 0.122 e. The molecule has 0 saturated heterocycles. The predicted molar refractivity (Wildman–Crippen MR) is 79.7 cm³/mol. The Hall–Kier alpha value is -0.670. The fourth-order valence-electron chi connectivity index (χ4n) is 2.54. The van der Waals surface area contributed by atoms with Crippen LogP contribution in [-0.4, -0.2) is 25.2 Å². The fourth-order valence-corrected chi connectivity index (χ4v) is 3.15. The maximum atomic E-state index is 5.95. The molecular formula is C15H23NOS. The van der Waals surface area contributed by atoms with Crippen molar-refractivity contribution in [2.24, 2.45) is 0 Å². The second-order valence-electron chi connectivity index (χ2n) is 4.60. The normalized spacial score (nSPS) is 17.8. The van der Waals surface area contributed by atoms with Crippen molar-refractivity contribution >= 4 is 11.8 Å². The van der Waals surface area contributed by atoms with Gasteiger partial charge in [-0.1, -0.05) is 19.1 Å². The van der Waals surface area contributed by atoms with Gasteiger partial charge in [-0.3, -0.25) is 0 Å². The summed E-state index contributed by atoms with van der Waals surface area (Å²) in [5, 5.41) is 3.37. The van der Waals surface area contributed by atoms with Gasteiger partial charge in [0.05, 0.1) is 6.61 Å². The van der Waals surface area contributed by atoms with Gasteiger partial charge in [-0.15, -0.1) is 0 Å². The standard InChI is InChI=1S/C15H23NOS/c1-3-18-11-5-10-17-15-7-4-6-12-13(15)8-9-14(12)16-2/h4,6-7,14,16H,3,5,8-11H2,1-2H3. The Balaban J connectivity index is 1.92. The van der Waals surface area contributed by atoms with Crippen LogP contribution in [0.5, 0.6) is 5.75 Å². The zero-order valence-electron chi connectivity index (χ0n) is 11.4. The summed E-state index contributed by atoms with van der Waals surface area (Å²) < 4.78 is 5.95. The van der Waals surface area contributed by atoms with Gasteiger partial charge in [0.1, 0.15) is 5.75 Å². The van der Waals surface area contributed by atoms with E-state index in [1.807, 2.05) is 18.8 Å². The Labute approximate surface area is 114 Å². The van der Waals surface area contributed by atoms with Crippen LogP contribution in [-0.2, 0) is 6.42 Å². The predicted octanol–water partition coefficient (Wildman–Crippen LogP) is 3.42. The highest BCUT2D eigenvalue weighted by atomic mass is 32.2. The molecule has 0 saturated carbocycles. The van der Waals surface area contributed by atoms with Gasteiger partial charge >= 0.3 is 0 Å². The molecule has 1 unspecified atom stereocenters. The molecule has 0 amide bonds. The van der Waals surface area contributed by atoms with Gasteiger partial charge in [0.2, 0.25) is 0 Å². The Morgan fingerprint density at radius 2 is 2.33 bits per heavy atom. The summed E-state index contributed by atoms with van der Waals surface area (Å²) >= 11 is 1.98. The molecular weight excluding hydrogens is 242 g/mol. The van der Waals surface area contributed by atoms with Gasteiger partial charge in [-0.25, -0.2) is 0 Å². The maximum absolute atomic E-state index is 5.95. The highest BCUT2D eigenvalue weighted by Gasteiger charge is 2.23. The molecule has 1 atom stereocenters. The smallest absolute Gasteiger partial charge is 0.122 e. The molecule has 0 bridgehead atoms. The van der Waals surface area contributed by atoms with Crippen LogP contribution in [0.1, 0.15) is 36.9 Å². The lowest BCUT2D eigenvalue weighted by Gasteiger charge is -2.13. The van der Waals surface area contributed by atoms with E-state index >= 15 is 0 Å². The zero-order chi connectivity index (χ0) is 12.8. The summed E-state index contributed by atoms with van der Waals surface area (Å²) in [6.07, 6.45) is 3.47. The minimum atomic E-state index is 0.513. The van der Waals surface area contributed by atoms with E-state index in [9.17, 15) is 0 Å². The summed E-state index contributed by atoms with van der Waals surface area (Å²) in [6.45, 7) is 3.04. The van der Waals surface area contributed by atoms with Gasteiger partial charge in [-0.2, -0.15) is 11.8 Å². The van der Waals surface area contributed by atoms with Crippen molar-refractivity contribution in [1.82, 2.24) is 5.32 Å². The number of fused-ring (bicyclic) bond motifs is 1. The van der Waals surface area contributed by atoms with E-state index in [4.69, 9.17) is 4.74 Å². The van der Waals surface area contributed by atoms with E-state index in [0.29, 0.717) is 6.04 Å². The van der Waals surface area contributed by atoms with Gasteiger partial charge in [-0.05, 0) is 55.0 Å². The van der Waals surface area contributed by atoms with Gasteiger partial charge in [0, 0.05) is 6.04 Å². The molecule has 0 radical (unpaired) electrons. The molecule has 0 fully saturated rings. The molecule has 1 aliphatic rings. The molecule has 18 heavy (non-hydrogen) atoms. The number of hydrogen-bond acceptors (Lipinski definition) is 3. The highest BCUT2D eigenvalue weighted by molar-refractivity contribution is 7.99. The Kier molecular flexibility index (Phi) is 5.39. The molecule has 1 aromatic carbocycles. The minimum Gasteiger partial charge on any atom is -0.493 e. The van der Waals surface area contributed by atoms with Crippen molar-refractivity contribution in [1.29, 1.82) is 0 Å². The molecule has 1 aromatic rings. The second-order valence-corrected chi connectivity index (χ2v) is 6.00. The van der Waals surface area contributed by atoms with E-state index in [2.05, 4.69) is 30.4 Å². The summed E-state index contributed by atoms with van der Waals surface area (Å²) in [5.41, 5.74) is 2.85. The number of benzene rings is 1. The van der Waals surface area contributed by atoms with Crippen molar-refractivity contribution in [2.75, 3.05) is 25.2 Å². The zero-order valence-corrected chi connectivity index (χ0v) is 12.2. The molecule has 1 aliphatic carbocycles. The van der Waals surface area contributed by atoms with E-state index in [1.165, 1.54) is 29.1 Å². The van der Waals surface area contributed by atoms with Crippen LogP contribution in [0.25, 0.3) is 0 Å². The van der Waals surface area contributed by atoms with Crippen molar-refractivity contribution in [3.8, 4) is 5.75 Å². The molecule has 1 N–H and O–H groups in total. The molecule has 0 aromatic heterocycles. The van der Waals surface area contributed by atoms with Crippen molar-refractivity contribution in [3.05, 3.63) is 29.3 Å². The van der Waals surface area contributed by atoms with Crippen LogP contribution in [0, 0.1) is 0 Å². The van der Waals surface area contributed by atoms with Crippen molar-refractivity contribution in [3.63, 3.8) is 0 Å². The van der Waals surface area contributed by atoms with Gasteiger partial charge in [0.15, 0.2) is 0 Å². The molecule has 100 valence electrons. The average molecular weight is 265 g/mol. The second kappa shape index (κ2) is 7.05. The van der Waals surface area contributed by atoms with Crippen LogP contribution in [0.3, 0.4) is 0 Å². The molecule has 2 nitrogen and oxygen atoms in total. The van der Waals surface area contributed by atoms with Crippen LogP contribution in [0.4, 0.5) is 0 Å². The first-order chi connectivity index (χ1) is 8.86. The third kappa shape index (κ3) is 3.21. The Morgan fingerprint density at radius 1 is 1.44 bits per heavy atom. The SMILES string of the molecule is CCSCCCOc1cccc2c1CCC2NC. The third-order valence-electron chi connectivity index (χ3n) is 3.47. The lowest BCUT2D eigenvalue weighted by Crippen LogP contribution is -2.12. The number of ether oxygens (including phenoxy) is 1. The van der Waals surface area contributed by atoms with Crippen LogP contribution < -0.4 is 10.1 Å². The lowest BCUT2D eigenvalue weighted by atomic mass is 10.1. The van der Waals surface area contributed by atoms with Crippen LogP contribution in [0.15, 0.2) is 18.2 Å². The highest BCUT2D eigenvalue weighted by Crippen LogP contribution is 2.36. The summed E-state index contributed by atoms with van der Waals surface area (Å²) in [6, 6.07) is 6.97. The van der Waals surface area contributed by atoms with E-state index in [0.717, 1.165) is 25.2 Å². The molecule has 2 rings (SSSR count). The number of thioether (sulfide) groups is 1. The summed E-state index contributed by atoms with van der Waals surface area (Å²) in [5.74, 6) is 3.50. The molecule has 3 heteroatoms. The van der Waals surface area contributed by atoms with Crippen molar-refractivity contribution < 1.29 is 4.74 Å². The largest absolute Gasteiger partial charge is 0.493 e. The van der Waals surface area contributed by atoms with Crippen molar-refractivity contribution in [2.45, 2.75) is 32.2 Å². The topological polar surface area (TPSA) is 21.3 Å². The number of rotatable bonds is 7. The average Bonchev–Trinajstić information content (AvgIpc) is 2.82. The molecule has 0 aliphatic heterocycles. The first-order valence-corrected chi connectivity index (χ1v) is 8.02. The Bertz CT molecular complexity index is 381. The Morgan fingerprint density at radius 3 is 3.11 bits per heavy atom. The summed E-state index contributed by atoms with van der Waals surface area (Å²) in [7, 11) is 2.04.